The number of aryl methyl sites for hydroxylation is 2. The highest BCUT2D eigenvalue weighted by molar-refractivity contribution is 5.93. The molecule has 12 heteroatoms. The topological polar surface area (TPSA) is 98.1 Å². The van der Waals surface area contributed by atoms with E-state index < -0.39 is 12.1 Å². The van der Waals surface area contributed by atoms with Gasteiger partial charge in [0.25, 0.3) is 0 Å². The Morgan fingerprint density at radius 2 is 2.12 bits per heavy atom. The lowest BCUT2D eigenvalue weighted by atomic mass is 10.2. The van der Waals surface area contributed by atoms with Crippen molar-refractivity contribution in [2.75, 3.05) is 23.8 Å². The predicted molar refractivity (Wildman–Crippen MR) is 109 cm³/mol. The fourth-order valence-electron chi connectivity index (χ4n) is 3.55. The molecule has 0 unspecified atom stereocenters. The number of nitrogens with one attached hydrogen (secondary N) is 1. The number of likely N-dealkylation sites (N-methyl/N-ethyl adjacent to an activating group) is 1. The van der Waals surface area contributed by atoms with Crippen molar-refractivity contribution in [2.24, 2.45) is 7.05 Å². The number of aromatic nitrogens is 5. The van der Waals surface area contributed by atoms with Crippen LogP contribution in [0.25, 0.3) is 11.5 Å². The first-order valence-electron chi connectivity index (χ1n) is 9.79. The zero-order valence-corrected chi connectivity index (χ0v) is 17.3. The molecule has 0 spiro atoms. The fourth-order valence-corrected chi connectivity index (χ4v) is 3.55. The van der Waals surface area contributed by atoms with Crippen molar-refractivity contribution in [3.63, 3.8) is 0 Å². The predicted octanol–water partition coefficient (Wildman–Crippen LogP) is 2.73. The van der Waals surface area contributed by atoms with Gasteiger partial charge in [0.05, 0.1) is 18.4 Å². The lowest BCUT2D eigenvalue weighted by molar-refractivity contribution is -0.274. The molecule has 1 N–H and O–H groups in total. The molecule has 1 amide bonds. The van der Waals surface area contributed by atoms with E-state index in [4.69, 9.17) is 0 Å². The second-order valence-electron chi connectivity index (χ2n) is 7.38. The molecule has 0 saturated carbocycles. The molecule has 3 aromatic rings. The number of carbonyl (C=O) groups is 1. The summed E-state index contributed by atoms with van der Waals surface area (Å²) in [4.78, 5) is 27.3. The standard InChI is InChI=1S/C20H20F3N7O2/c1-29(11-17(31)26-12-9-25-30(2)10-12)19-14-4-3-5-15(14)27-18(28-19)16-8-13(6-7-24-16)32-20(21,22)23/h6-10H,3-5,11H2,1-2H3,(H,26,31). The second-order valence-corrected chi connectivity index (χ2v) is 7.38. The van der Waals surface area contributed by atoms with Crippen molar-refractivity contribution in [1.29, 1.82) is 0 Å². The van der Waals surface area contributed by atoms with Gasteiger partial charge in [0.1, 0.15) is 17.3 Å². The summed E-state index contributed by atoms with van der Waals surface area (Å²) >= 11 is 0. The van der Waals surface area contributed by atoms with E-state index in [0.29, 0.717) is 17.9 Å². The van der Waals surface area contributed by atoms with E-state index in [1.165, 1.54) is 6.20 Å². The Morgan fingerprint density at radius 3 is 2.84 bits per heavy atom. The third-order valence-electron chi connectivity index (χ3n) is 4.84. The summed E-state index contributed by atoms with van der Waals surface area (Å²) in [7, 11) is 3.47. The molecule has 0 bridgehead atoms. The number of pyridine rings is 1. The van der Waals surface area contributed by atoms with Crippen LogP contribution < -0.4 is 15.0 Å². The van der Waals surface area contributed by atoms with E-state index in [2.05, 4.69) is 30.1 Å². The molecule has 1 aliphatic rings. The third kappa shape index (κ3) is 4.95. The van der Waals surface area contributed by atoms with Gasteiger partial charge in [0.2, 0.25) is 5.91 Å². The first kappa shape index (κ1) is 21.5. The highest BCUT2D eigenvalue weighted by Gasteiger charge is 2.31. The minimum absolute atomic E-state index is 0.0163. The van der Waals surface area contributed by atoms with Crippen LogP contribution in [0.15, 0.2) is 30.7 Å². The Balaban J connectivity index is 1.59. The number of amides is 1. The molecule has 9 nitrogen and oxygen atoms in total. The van der Waals surface area contributed by atoms with Crippen LogP contribution in [0, 0.1) is 0 Å². The van der Waals surface area contributed by atoms with Crippen LogP contribution in [0.3, 0.4) is 0 Å². The van der Waals surface area contributed by atoms with E-state index >= 15 is 0 Å². The van der Waals surface area contributed by atoms with E-state index in [0.717, 1.165) is 36.2 Å². The minimum atomic E-state index is -4.82. The Kier molecular flexibility index (Phi) is 5.68. The summed E-state index contributed by atoms with van der Waals surface area (Å²) in [5.41, 5.74) is 2.45. The Bertz CT molecular complexity index is 1150. The van der Waals surface area contributed by atoms with Crippen molar-refractivity contribution in [3.8, 4) is 17.3 Å². The smallest absolute Gasteiger partial charge is 0.406 e. The number of hydrogen-bond acceptors (Lipinski definition) is 7. The first-order chi connectivity index (χ1) is 15.2. The number of hydrogen-bond donors (Lipinski definition) is 1. The molecule has 168 valence electrons. The van der Waals surface area contributed by atoms with Crippen molar-refractivity contribution in [1.82, 2.24) is 24.7 Å². The monoisotopic (exact) mass is 447 g/mol. The molecule has 4 rings (SSSR count). The third-order valence-corrected chi connectivity index (χ3v) is 4.84. The molecule has 0 aromatic carbocycles. The maximum absolute atomic E-state index is 12.6. The average molecular weight is 447 g/mol. The van der Waals surface area contributed by atoms with Crippen molar-refractivity contribution >= 4 is 17.4 Å². The maximum atomic E-state index is 12.6. The molecule has 3 aromatic heterocycles. The highest BCUT2D eigenvalue weighted by atomic mass is 19.4. The zero-order valence-electron chi connectivity index (χ0n) is 17.3. The van der Waals surface area contributed by atoms with Gasteiger partial charge in [0.15, 0.2) is 5.82 Å². The van der Waals surface area contributed by atoms with Crippen LogP contribution in [-0.4, -0.2) is 50.6 Å². The summed E-state index contributed by atoms with van der Waals surface area (Å²) in [6.45, 7) is 0.0163. The number of anilines is 2. The van der Waals surface area contributed by atoms with E-state index in [1.54, 1.807) is 36.1 Å². The lowest BCUT2D eigenvalue weighted by Gasteiger charge is -2.21. The Morgan fingerprint density at radius 1 is 1.31 bits per heavy atom. The SMILES string of the molecule is CN(CC(=O)Nc1cnn(C)c1)c1nc(-c2cc(OC(F)(F)F)ccn2)nc2c1CCC2. The van der Waals surface area contributed by atoms with Gasteiger partial charge >= 0.3 is 6.36 Å². The normalized spacial score (nSPS) is 13.0. The number of alkyl halides is 3. The number of halogens is 3. The van der Waals surface area contributed by atoms with E-state index in [1.807, 2.05) is 0 Å². The van der Waals surface area contributed by atoms with Crippen LogP contribution in [0.2, 0.25) is 0 Å². The molecule has 0 radical (unpaired) electrons. The summed E-state index contributed by atoms with van der Waals surface area (Å²) in [5.74, 6) is 0.0593. The molecule has 32 heavy (non-hydrogen) atoms. The average Bonchev–Trinajstić information content (AvgIpc) is 3.34. The zero-order chi connectivity index (χ0) is 22.9. The number of fused-ring (bicyclic) bond motifs is 1. The van der Waals surface area contributed by atoms with Crippen molar-refractivity contribution < 1.29 is 22.7 Å². The van der Waals surface area contributed by atoms with Gasteiger partial charge in [-0.3, -0.25) is 14.5 Å². The molecule has 0 atom stereocenters. The number of carbonyl (C=O) groups excluding carboxylic acids is 1. The second kappa shape index (κ2) is 8.44. The van der Waals surface area contributed by atoms with Gasteiger partial charge in [-0.15, -0.1) is 13.2 Å². The van der Waals surface area contributed by atoms with Gasteiger partial charge in [-0.05, 0) is 25.3 Å². The number of rotatable bonds is 6. The summed E-state index contributed by atoms with van der Waals surface area (Å²) in [5, 5.41) is 6.77. The lowest BCUT2D eigenvalue weighted by Crippen LogP contribution is -2.31. The molecular weight excluding hydrogens is 427 g/mol. The number of ether oxygens (including phenoxy) is 1. The quantitative estimate of drug-likeness (QED) is 0.621. The van der Waals surface area contributed by atoms with Gasteiger partial charge < -0.3 is 15.0 Å². The van der Waals surface area contributed by atoms with Crippen LogP contribution in [-0.2, 0) is 24.7 Å². The summed E-state index contributed by atoms with van der Waals surface area (Å²) in [6, 6.07) is 2.25. The molecule has 0 saturated heterocycles. The van der Waals surface area contributed by atoms with E-state index in [-0.39, 0.29) is 24.0 Å². The molecule has 1 aliphatic carbocycles. The molecule has 3 heterocycles. The Labute approximate surface area is 181 Å². The Hall–Kier alpha value is -3.70. The van der Waals surface area contributed by atoms with Crippen LogP contribution >= 0.6 is 0 Å². The molecule has 0 aliphatic heterocycles. The first-order valence-corrected chi connectivity index (χ1v) is 9.79. The van der Waals surface area contributed by atoms with Gasteiger partial charge in [-0.2, -0.15) is 5.10 Å². The fraction of sp³-hybridized carbons (Fsp3) is 0.350. The van der Waals surface area contributed by atoms with Crippen molar-refractivity contribution in [3.05, 3.63) is 42.0 Å². The molecular formula is C20H20F3N7O2. The minimum Gasteiger partial charge on any atom is -0.406 e. The van der Waals surface area contributed by atoms with Crippen LogP contribution in [0.5, 0.6) is 5.75 Å². The largest absolute Gasteiger partial charge is 0.573 e. The van der Waals surface area contributed by atoms with E-state index in [9.17, 15) is 18.0 Å². The number of nitrogens with zero attached hydrogens (tertiary/aromatic N) is 6. The van der Waals surface area contributed by atoms with Crippen molar-refractivity contribution in [2.45, 2.75) is 25.6 Å². The maximum Gasteiger partial charge on any atom is 0.573 e. The highest BCUT2D eigenvalue weighted by Crippen LogP contribution is 2.32. The van der Waals surface area contributed by atoms with Gasteiger partial charge in [0, 0.05) is 43.8 Å². The molecule has 0 fully saturated rings. The van der Waals surface area contributed by atoms with Gasteiger partial charge in [-0.25, -0.2) is 9.97 Å². The van der Waals surface area contributed by atoms with Crippen LogP contribution in [0.1, 0.15) is 17.7 Å². The summed E-state index contributed by atoms with van der Waals surface area (Å²) < 4.78 is 43.3. The van der Waals surface area contributed by atoms with Crippen LogP contribution in [0.4, 0.5) is 24.7 Å². The van der Waals surface area contributed by atoms with Gasteiger partial charge in [-0.1, -0.05) is 0 Å². The summed E-state index contributed by atoms with van der Waals surface area (Å²) in [6.07, 6.45) is 1.96.